The van der Waals surface area contributed by atoms with Crippen molar-refractivity contribution in [3.8, 4) is 5.75 Å². The van der Waals surface area contributed by atoms with Gasteiger partial charge in [0.15, 0.2) is 0 Å². The van der Waals surface area contributed by atoms with Gasteiger partial charge in [-0.1, -0.05) is 18.2 Å². The molecule has 0 spiro atoms. The summed E-state index contributed by atoms with van der Waals surface area (Å²) in [6, 6.07) is 11.9. The summed E-state index contributed by atoms with van der Waals surface area (Å²) in [5.41, 5.74) is 5.14. The van der Waals surface area contributed by atoms with E-state index in [1.807, 2.05) is 43.3 Å². The lowest BCUT2D eigenvalue weighted by Crippen LogP contribution is -2.27. The third kappa shape index (κ3) is 5.81. The van der Waals surface area contributed by atoms with Crippen LogP contribution in [0.15, 0.2) is 36.4 Å². The first-order valence-electron chi connectivity index (χ1n) is 10.0. The maximum Gasteiger partial charge on any atom is 0.224 e. The van der Waals surface area contributed by atoms with Gasteiger partial charge >= 0.3 is 0 Å². The number of benzene rings is 2. The molecule has 6 heteroatoms. The lowest BCUT2D eigenvalue weighted by Gasteiger charge is -2.23. The average molecular weight is 396 g/mol. The van der Waals surface area contributed by atoms with Crippen molar-refractivity contribution < 1.29 is 14.3 Å². The molecule has 0 bridgehead atoms. The Hall–Kier alpha value is -2.86. The van der Waals surface area contributed by atoms with Gasteiger partial charge in [-0.15, -0.1) is 0 Å². The van der Waals surface area contributed by atoms with Gasteiger partial charge in [0, 0.05) is 37.7 Å². The molecular weight excluding hydrogens is 366 g/mol. The van der Waals surface area contributed by atoms with Gasteiger partial charge < -0.3 is 20.3 Å². The molecule has 2 aromatic carbocycles. The molecule has 1 aliphatic rings. The molecular formula is C23H29N3O3. The highest BCUT2D eigenvalue weighted by atomic mass is 16.5. The molecule has 0 aromatic heterocycles. The Morgan fingerprint density at radius 1 is 1.14 bits per heavy atom. The maximum absolute atomic E-state index is 11.7. The summed E-state index contributed by atoms with van der Waals surface area (Å²) in [7, 11) is 2.08. The number of nitrogens with zero attached hydrogens (tertiary/aromatic N) is 1. The van der Waals surface area contributed by atoms with E-state index >= 15 is 0 Å². The number of nitrogens with one attached hydrogen (secondary N) is 2. The largest absolute Gasteiger partial charge is 0.492 e. The van der Waals surface area contributed by atoms with Gasteiger partial charge in [0.2, 0.25) is 11.8 Å². The lowest BCUT2D eigenvalue weighted by atomic mass is 9.98. The Morgan fingerprint density at radius 3 is 2.62 bits per heavy atom. The minimum atomic E-state index is -0.0605. The van der Waals surface area contributed by atoms with Crippen molar-refractivity contribution in [2.75, 3.05) is 37.4 Å². The Labute approximate surface area is 172 Å². The third-order valence-corrected chi connectivity index (χ3v) is 5.13. The number of carbonyl (C=O) groups excluding carboxylic acids is 2. The van der Waals surface area contributed by atoms with E-state index in [0.717, 1.165) is 54.2 Å². The van der Waals surface area contributed by atoms with Crippen molar-refractivity contribution in [1.82, 2.24) is 4.90 Å². The number of anilines is 2. The van der Waals surface area contributed by atoms with Gasteiger partial charge in [-0.2, -0.15) is 0 Å². The van der Waals surface area contributed by atoms with Gasteiger partial charge in [0.25, 0.3) is 0 Å². The standard InChI is InChI=1S/C23H29N3O3/c1-16-4-10-21(20-9-11-22(28)25-23(16)20)29-15-14-26(3)13-12-18-5-7-19(8-6-18)24-17(2)27/h4-8,10H,9,11-15H2,1-3H3,(H,24,27)(H,25,28). The number of rotatable bonds is 8. The molecule has 0 atom stereocenters. The Kier molecular flexibility index (Phi) is 6.88. The van der Waals surface area contributed by atoms with Gasteiger partial charge in [-0.3, -0.25) is 9.59 Å². The zero-order valence-corrected chi connectivity index (χ0v) is 17.4. The molecule has 0 aliphatic carbocycles. The summed E-state index contributed by atoms with van der Waals surface area (Å²) >= 11 is 0. The second-order valence-corrected chi connectivity index (χ2v) is 7.56. The molecule has 0 unspecified atom stereocenters. The lowest BCUT2D eigenvalue weighted by molar-refractivity contribution is -0.116. The molecule has 3 rings (SSSR count). The fourth-order valence-corrected chi connectivity index (χ4v) is 3.44. The first-order valence-corrected chi connectivity index (χ1v) is 10.0. The van der Waals surface area contributed by atoms with Crippen molar-refractivity contribution in [3.05, 3.63) is 53.1 Å². The first kappa shape index (κ1) is 20.9. The number of hydrogen-bond acceptors (Lipinski definition) is 4. The van der Waals surface area contributed by atoms with E-state index in [1.165, 1.54) is 12.5 Å². The van der Waals surface area contributed by atoms with E-state index in [1.54, 1.807) is 0 Å². The molecule has 0 saturated carbocycles. The summed E-state index contributed by atoms with van der Waals surface area (Å²) in [5, 5.41) is 5.75. The summed E-state index contributed by atoms with van der Waals surface area (Å²) < 4.78 is 6.04. The Bertz CT molecular complexity index is 878. The monoisotopic (exact) mass is 395 g/mol. The topological polar surface area (TPSA) is 70.7 Å². The number of fused-ring (bicyclic) bond motifs is 1. The number of amides is 2. The molecule has 2 N–H and O–H groups in total. The smallest absolute Gasteiger partial charge is 0.224 e. The van der Waals surface area contributed by atoms with Crippen LogP contribution in [0.4, 0.5) is 11.4 Å². The van der Waals surface area contributed by atoms with Crippen LogP contribution in [0.1, 0.15) is 30.0 Å². The summed E-state index contributed by atoms with van der Waals surface area (Å²) in [6.07, 6.45) is 2.17. The zero-order chi connectivity index (χ0) is 20.8. The Balaban J connectivity index is 1.46. The SMILES string of the molecule is CC(=O)Nc1ccc(CCN(C)CCOc2ccc(C)c3c2CCC(=O)N3)cc1. The number of likely N-dealkylation sites (N-methyl/N-ethyl adjacent to an activating group) is 1. The molecule has 2 aromatic rings. The summed E-state index contributed by atoms with van der Waals surface area (Å²) in [5.74, 6) is 0.879. The van der Waals surface area contributed by atoms with Gasteiger partial charge in [0.1, 0.15) is 12.4 Å². The predicted molar refractivity (Wildman–Crippen MR) is 116 cm³/mol. The number of ether oxygens (including phenoxy) is 1. The quantitative estimate of drug-likeness (QED) is 0.719. The predicted octanol–water partition coefficient (Wildman–Crippen LogP) is 3.39. The van der Waals surface area contributed by atoms with E-state index in [4.69, 9.17) is 4.74 Å². The van der Waals surface area contributed by atoms with E-state index in [0.29, 0.717) is 13.0 Å². The van der Waals surface area contributed by atoms with Crippen molar-refractivity contribution in [1.29, 1.82) is 0 Å². The normalized spacial score (nSPS) is 13.0. The minimum absolute atomic E-state index is 0.0605. The van der Waals surface area contributed by atoms with E-state index in [2.05, 4.69) is 22.6 Å². The molecule has 154 valence electrons. The van der Waals surface area contributed by atoms with Crippen LogP contribution >= 0.6 is 0 Å². The molecule has 29 heavy (non-hydrogen) atoms. The van der Waals surface area contributed by atoms with Crippen LogP contribution in [-0.2, 0) is 22.4 Å². The average Bonchev–Trinajstić information content (AvgIpc) is 2.69. The van der Waals surface area contributed by atoms with E-state index in [-0.39, 0.29) is 11.8 Å². The number of aryl methyl sites for hydroxylation is 1. The van der Waals surface area contributed by atoms with Crippen LogP contribution < -0.4 is 15.4 Å². The Morgan fingerprint density at radius 2 is 1.90 bits per heavy atom. The van der Waals surface area contributed by atoms with Crippen LogP contribution in [0.5, 0.6) is 5.75 Å². The van der Waals surface area contributed by atoms with Crippen LogP contribution in [0, 0.1) is 6.92 Å². The molecule has 1 aliphatic heterocycles. The number of hydrogen-bond donors (Lipinski definition) is 2. The molecule has 0 radical (unpaired) electrons. The fourth-order valence-electron chi connectivity index (χ4n) is 3.44. The maximum atomic E-state index is 11.7. The van der Waals surface area contributed by atoms with E-state index < -0.39 is 0 Å². The van der Waals surface area contributed by atoms with Gasteiger partial charge in [-0.05, 0) is 56.1 Å². The van der Waals surface area contributed by atoms with Crippen LogP contribution in [0.25, 0.3) is 0 Å². The van der Waals surface area contributed by atoms with E-state index in [9.17, 15) is 9.59 Å². The highest BCUT2D eigenvalue weighted by Crippen LogP contribution is 2.33. The van der Waals surface area contributed by atoms with Crippen LogP contribution in [0.3, 0.4) is 0 Å². The van der Waals surface area contributed by atoms with Crippen molar-refractivity contribution in [2.45, 2.75) is 33.1 Å². The second-order valence-electron chi connectivity index (χ2n) is 7.56. The second kappa shape index (κ2) is 9.56. The number of carbonyl (C=O) groups is 2. The van der Waals surface area contributed by atoms with Crippen molar-refractivity contribution in [3.63, 3.8) is 0 Å². The highest BCUT2D eigenvalue weighted by Gasteiger charge is 2.20. The first-order chi connectivity index (χ1) is 13.9. The molecule has 0 saturated heterocycles. The summed E-state index contributed by atoms with van der Waals surface area (Å²) in [6.45, 7) is 5.85. The van der Waals surface area contributed by atoms with Gasteiger partial charge in [0.05, 0.1) is 5.69 Å². The molecule has 2 amide bonds. The highest BCUT2D eigenvalue weighted by molar-refractivity contribution is 5.95. The van der Waals surface area contributed by atoms with Crippen molar-refractivity contribution in [2.24, 2.45) is 0 Å². The molecule has 1 heterocycles. The summed E-state index contributed by atoms with van der Waals surface area (Å²) in [4.78, 5) is 25.0. The van der Waals surface area contributed by atoms with Gasteiger partial charge in [-0.25, -0.2) is 0 Å². The fraction of sp³-hybridized carbons (Fsp3) is 0.391. The minimum Gasteiger partial charge on any atom is -0.492 e. The van der Waals surface area contributed by atoms with Crippen LogP contribution in [0.2, 0.25) is 0 Å². The zero-order valence-electron chi connectivity index (χ0n) is 17.4. The van der Waals surface area contributed by atoms with Crippen molar-refractivity contribution >= 4 is 23.2 Å². The third-order valence-electron chi connectivity index (χ3n) is 5.13. The molecule has 6 nitrogen and oxygen atoms in total. The van der Waals surface area contributed by atoms with Crippen LogP contribution in [-0.4, -0.2) is 43.5 Å². The molecule has 0 fully saturated rings.